The summed E-state index contributed by atoms with van der Waals surface area (Å²) < 4.78 is 5.37. The van der Waals surface area contributed by atoms with Crippen molar-refractivity contribution in [3.63, 3.8) is 0 Å². The van der Waals surface area contributed by atoms with Crippen LogP contribution in [0.1, 0.15) is 54.1 Å². The zero-order chi connectivity index (χ0) is 14.2. The standard InChI is InChI=1S/C14H19N5OS.ClH/c15-14-16-7-11(21-14)8-19-5-3-9(4-6-19)12-17-13(20-18-12)10-1-2-10;/h7,9-10H,1-6,8H2,(H2,15,16);1H. The van der Waals surface area contributed by atoms with Crippen molar-refractivity contribution in [1.29, 1.82) is 0 Å². The molecule has 22 heavy (non-hydrogen) atoms. The molecule has 0 bridgehead atoms. The first-order valence-electron chi connectivity index (χ1n) is 7.54. The maximum absolute atomic E-state index is 5.68. The van der Waals surface area contributed by atoms with E-state index in [1.54, 1.807) is 11.3 Å². The Kier molecular flexibility index (Phi) is 4.65. The first-order valence-corrected chi connectivity index (χ1v) is 8.35. The number of likely N-dealkylation sites (tertiary alicyclic amines) is 1. The number of nitrogens with zero attached hydrogens (tertiary/aromatic N) is 4. The number of halogens is 1. The summed E-state index contributed by atoms with van der Waals surface area (Å²) in [4.78, 5) is 12.4. The minimum absolute atomic E-state index is 0. The highest BCUT2D eigenvalue weighted by Crippen LogP contribution is 2.39. The largest absolute Gasteiger partial charge is 0.375 e. The average Bonchev–Trinajstić information content (AvgIpc) is 3.09. The molecular formula is C14H20ClN5OS. The Bertz CT molecular complexity index is 618. The third kappa shape index (κ3) is 3.42. The van der Waals surface area contributed by atoms with Crippen LogP contribution in [0.15, 0.2) is 10.7 Å². The smallest absolute Gasteiger partial charge is 0.229 e. The summed E-state index contributed by atoms with van der Waals surface area (Å²) in [6.45, 7) is 3.08. The number of thiazole rings is 1. The molecule has 2 aliphatic rings. The SMILES string of the molecule is Cl.Nc1ncc(CN2CCC(c3noc(C4CC4)n3)CC2)s1. The van der Waals surface area contributed by atoms with Crippen molar-refractivity contribution in [3.8, 4) is 0 Å². The number of nitrogens with two attached hydrogens (primary N) is 1. The van der Waals surface area contributed by atoms with Crippen molar-refractivity contribution in [1.82, 2.24) is 20.0 Å². The van der Waals surface area contributed by atoms with Crippen LogP contribution in [0.3, 0.4) is 0 Å². The number of nitrogen functional groups attached to an aromatic ring is 1. The number of rotatable bonds is 4. The summed E-state index contributed by atoms with van der Waals surface area (Å²) in [5, 5.41) is 4.84. The van der Waals surface area contributed by atoms with Crippen molar-refractivity contribution in [2.45, 2.75) is 44.1 Å². The van der Waals surface area contributed by atoms with E-state index in [-0.39, 0.29) is 12.4 Å². The molecule has 120 valence electrons. The lowest BCUT2D eigenvalue weighted by Gasteiger charge is -2.29. The monoisotopic (exact) mass is 341 g/mol. The van der Waals surface area contributed by atoms with Crippen molar-refractivity contribution < 1.29 is 4.52 Å². The molecule has 1 saturated carbocycles. The van der Waals surface area contributed by atoms with Gasteiger partial charge in [-0.25, -0.2) is 4.98 Å². The molecular weight excluding hydrogens is 322 g/mol. The fourth-order valence-corrected chi connectivity index (χ4v) is 3.60. The molecule has 2 N–H and O–H groups in total. The predicted molar refractivity (Wildman–Crippen MR) is 87.3 cm³/mol. The Hall–Kier alpha value is -1.18. The van der Waals surface area contributed by atoms with E-state index in [2.05, 4.69) is 20.0 Å². The summed E-state index contributed by atoms with van der Waals surface area (Å²) >= 11 is 1.58. The molecule has 0 aromatic carbocycles. The number of anilines is 1. The fraction of sp³-hybridized carbons (Fsp3) is 0.643. The molecule has 3 heterocycles. The van der Waals surface area contributed by atoms with Gasteiger partial charge in [0.05, 0.1) is 0 Å². The molecule has 0 unspecified atom stereocenters. The van der Waals surface area contributed by atoms with Crippen LogP contribution in [0.4, 0.5) is 5.13 Å². The van der Waals surface area contributed by atoms with Crippen molar-refractivity contribution in [3.05, 3.63) is 22.8 Å². The summed E-state index contributed by atoms with van der Waals surface area (Å²) in [5.41, 5.74) is 5.68. The zero-order valence-electron chi connectivity index (χ0n) is 12.3. The van der Waals surface area contributed by atoms with E-state index in [9.17, 15) is 0 Å². The van der Waals surface area contributed by atoms with Gasteiger partial charge in [-0.3, -0.25) is 4.90 Å². The molecule has 4 rings (SSSR count). The van der Waals surface area contributed by atoms with Gasteiger partial charge < -0.3 is 10.3 Å². The van der Waals surface area contributed by atoms with E-state index in [1.165, 1.54) is 17.7 Å². The first-order chi connectivity index (χ1) is 10.3. The second-order valence-electron chi connectivity index (χ2n) is 5.98. The topological polar surface area (TPSA) is 81.1 Å². The Balaban J connectivity index is 0.00000144. The van der Waals surface area contributed by atoms with E-state index in [0.29, 0.717) is 17.0 Å². The highest BCUT2D eigenvalue weighted by molar-refractivity contribution is 7.15. The molecule has 1 saturated heterocycles. The molecule has 2 aromatic heterocycles. The van der Waals surface area contributed by atoms with E-state index < -0.39 is 0 Å². The van der Waals surface area contributed by atoms with Crippen LogP contribution in [-0.4, -0.2) is 33.1 Å². The molecule has 2 aromatic rings. The minimum atomic E-state index is 0. The van der Waals surface area contributed by atoms with Crippen LogP contribution in [0.5, 0.6) is 0 Å². The van der Waals surface area contributed by atoms with Gasteiger partial charge >= 0.3 is 0 Å². The molecule has 1 aliphatic carbocycles. The van der Waals surface area contributed by atoms with Crippen molar-refractivity contribution >= 4 is 28.9 Å². The van der Waals surface area contributed by atoms with E-state index in [4.69, 9.17) is 10.3 Å². The lowest BCUT2D eigenvalue weighted by atomic mass is 9.96. The molecule has 0 atom stereocenters. The lowest BCUT2D eigenvalue weighted by molar-refractivity contribution is 0.201. The molecule has 0 amide bonds. The normalized spacial score (nSPS) is 20.0. The highest BCUT2D eigenvalue weighted by Gasteiger charge is 2.31. The summed E-state index contributed by atoms with van der Waals surface area (Å²) in [7, 11) is 0. The summed E-state index contributed by atoms with van der Waals surface area (Å²) in [6.07, 6.45) is 6.49. The molecule has 0 radical (unpaired) electrons. The third-order valence-electron chi connectivity index (χ3n) is 4.29. The molecule has 2 fully saturated rings. The van der Waals surface area contributed by atoms with Gasteiger partial charge in [-0.15, -0.1) is 23.7 Å². The van der Waals surface area contributed by atoms with Crippen LogP contribution in [0.2, 0.25) is 0 Å². The van der Waals surface area contributed by atoms with Crippen LogP contribution < -0.4 is 5.73 Å². The minimum Gasteiger partial charge on any atom is -0.375 e. The van der Waals surface area contributed by atoms with E-state index in [0.717, 1.165) is 44.2 Å². The van der Waals surface area contributed by atoms with E-state index >= 15 is 0 Å². The van der Waals surface area contributed by atoms with Gasteiger partial charge in [0.1, 0.15) is 0 Å². The van der Waals surface area contributed by atoms with Gasteiger partial charge in [0, 0.05) is 29.5 Å². The van der Waals surface area contributed by atoms with Gasteiger partial charge in [0.2, 0.25) is 5.89 Å². The second-order valence-corrected chi connectivity index (χ2v) is 7.13. The summed E-state index contributed by atoms with van der Waals surface area (Å²) in [5.74, 6) is 2.76. The number of hydrogen-bond acceptors (Lipinski definition) is 7. The molecule has 6 nitrogen and oxygen atoms in total. The van der Waals surface area contributed by atoms with Crippen LogP contribution >= 0.6 is 23.7 Å². The molecule has 1 aliphatic heterocycles. The Morgan fingerprint density at radius 1 is 1.23 bits per heavy atom. The lowest BCUT2D eigenvalue weighted by Crippen LogP contribution is -2.32. The number of piperidine rings is 1. The number of aromatic nitrogens is 3. The quantitative estimate of drug-likeness (QED) is 0.920. The van der Waals surface area contributed by atoms with Gasteiger partial charge in [-0.2, -0.15) is 4.98 Å². The summed E-state index contributed by atoms with van der Waals surface area (Å²) in [6, 6.07) is 0. The van der Waals surface area contributed by atoms with Gasteiger partial charge in [0.25, 0.3) is 0 Å². The molecule has 0 spiro atoms. The number of hydrogen-bond donors (Lipinski definition) is 1. The zero-order valence-corrected chi connectivity index (χ0v) is 13.9. The van der Waals surface area contributed by atoms with Crippen molar-refractivity contribution in [2.75, 3.05) is 18.8 Å². The third-order valence-corrected chi connectivity index (χ3v) is 5.10. The first kappa shape index (κ1) is 15.7. The average molecular weight is 342 g/mol. The fourth-order valence-electron chi connectivity index (χ4n) is 2.87. The van der Waals surface area contributed by atoms with Gasteiger partial charge in [-0.1, -0.05) is 5.16 Å². The van der Waals surface area contributed by atoms with E-state index in [1.807, 2.05) is 6.20 Å². The van der Waals surface area contributed by atoms with Crippen LogP contribution in [0.25, 0.3) is 0 Å². The van der Waals surface area contributed by atoms with Crippen molar-refractivity contribution in [2.24, 2.45) is 0 Å². The predicted octanol–water partition coefficient (Wildman–Crippen LogP) is 2.79. The van der Waals surface area contributed by atoms with Crippen LogP contribution in [0, 0.1) is 0 Å². The Labute approximate surface area is 139 Å². The van der Waals surface area contributed by atoms with Gasteiger partial charge in [0.15, 0.2) is 11.0 Å². The highest BCUT2D eigenvalue weighted by atomic mass is 35.5. The van der Waals surface area contributed by atoms with Crippen LogP contribution in [-0.2, 0) is 6.54 Å². The Morgan fingerprint density at radius 3 is 2.64 bits per heavy atom. The van der Waals surface area contributed by atoms with Gasteiger partial charge in [-0.05, 0) is 38.8 Å². The Morgan fingerprint density at radius 2 is 2.00 bits per heavy atom. The maximum atomic E-state index is 5.68. The maximum Gasteiger partial charge on any atom is 0.229 e. The molecule has 8 heteroatoms. The second kappa shape index (κ2) is 6.52.